The molecule has 2 heterocycles. The van der Waals surface area contributed by atoms with Crippen molar-refractivity contribution >= 4 is 11.8 Å². The second-order valence-corrected chi connectivity index (χ2v) is 14.4. The van der Waals surface area contributed by atoms with Crippen LogP contribution >= 0.6 is 0 Å². The smallest absolute Gasteiger partial charge is 0.306 e. The van der Waals surface area contributed by atoms with Gasteiger partial charge < -0.3 is 24.1 Å². The van der Waals surface area contributed by atoms with E-state index >= 15 is 0 Å². The summed E-state index contributed by atoms with van der Waals surface area (Å²) in [5.41, 5.74) is -0.429. The molecule has 1 aromatic rings. The van der Waals surface area contributed by atoms with E-state index in [1.165, 1.54) is 25.7 Å². The van der Waals surface area contributed by atoms with Crippen LogP contribution in [0.5, 0.6) is 0 Å². The quantitative estimate of drug-likeness (QED) is 0.146. The lowest BCUT2D eigenvalue weighted by Gasteiger charge is -2.59. The van der Waals surface area contributed by atoms with E-state index < -0.39 is 34.8 Å². The molecule has 7 nitrogen and oxygen atoms in total. The van der Waals surface area contributed by atoms with E-state index in [4.69, 9.17) is 18.9 Å². The molecule has 8 atom stereocenters. The van der Waals surface area contributed by atoms with Crippen molar-refractivity contribution < 1.29 is 33.6 Å². The van der Waals surface area contributed by atoms with Gasteiger partial charge in [-0.2, -0.15) is 0 Å². The number of fused-ring (bicyclic) bond motifs is 2. The first-order valence-electron chi connectivity index (χ1n) is 17.1. The van der Waals surface area contributed by atoms with E-state index in [2.05, 4.69) is 26.5 Å². The number of hydrogen-bond donors (Lipinski definition) is 1. The number of carbonyl (C=O) groups is 2. The summed E-state index contributed by atoms with van der Waals surface area (Å²) >= 11 is 0. The number of benzene rings is 1. The van der Waals surface area contributed by atoms with Gasteiger partial charge >= 0.3 is 5.97 Å². The van der Waals surface area contributed by atoms with Crippen LogP contribution in [0.15, 0.2) is 65.8 Å². The van der Waals surface area contributed by atoms with E-state index in [0.29, 0.717) is 30.4 Å². The molecule has 0 spiro atoms. The molecule has 3 fully saturated rings. The van der Waals surface area contributed by atoms with Crippen LogP contribution in [-0.2, 0) is 35.0 Å². The molecule has 6 rings (SSSR count). The fourth-order valence-electron chi connectivity index (χ4n) is 8.96. The molecule has 1 saturated carbocycles. The summed E-state index contributed by atoms with van der Waals surface area (Å²) in [7, 11) is 0. The van der Waals surface area contributed by atoms with E-state index in [0.717, 1.165) is 30.4 Å². The largest absolute Gasteiger partial charge is 0.461 e. The summed E-state index contributed by atoms with van der Waals surface area (Å²) in [4.78, 5) is 26.6. The maximum atomic E-state index is 13.8. The van der Waals surface area contributed by atoms with Crippen LogP contribution in [0.2, 0.25) is 0 Å². The lowest BCUT2D eigenvalue weighted by atomic mass is 9.55. The summed E-state index contributed by atoms with van der Waals surface area (Å²) in [6.07, 6.45) is 12.8. The van der Waals surface area contributed by atoms with Crippen LogP contribution < -0.4 is 0 Å². The zero-order chi connectivity index (χ0) is 32.0. The highest BCUT2D eigenvalue weighted by Gasteiger charge is 2.79. The highest BCUT2D eigenvalue weighted by Crippen LogP contribution is 2.68. The Kier molecular flexibility index (Phi) is 8.79. The molecular weight excluding hydrogens is 568 g/mol. The Hall–Kier alpha value is -2.58. The molecule has 3 bridgehead atoms. The average Bonchev–Trinajstić information content (AvgIpc) is 3.31. The minimum atomic E-state index is -1.72. The maximum absolute atomic E-state index is 13.8. The molecule has 0 amide bonds. The number of esters is 1. The number of Topliss-reactive ketones (excluding diaryl/α,β-unsaturated/α-hetero) is 1. The molecule has 4 unspecified atom stereocenters. The minimum absolute atomic E-state index is 0.0143. The molecule has 1 aromatic carbocycles. The van der Waals surface area contributed by atoms with Crippen molar-refractivity contribution in [2.24, 2.45) is 17.8 Å². The third-order valence-corrected chi connectivity index (χ3v) is 11.1. The van der Waals surface area contributed by atoms with Crippen LogP contribution in [0.25, 0.3) is 0 Å². The predicted octanol–water partition coefficient (Wildman–Crippen LogP) is 6.93. The van der Waals surface area contributed by atoms with Crippen LogP contribution in [0.4, 0.5) is 0 Å². The molecule has 244 valence electrons. The molecule has 0 radical (unpaired) electrons. The third kappa shape index (κ3) is 5.38. The molecule has 2 aliphatic heterocycles. The number of ketones is 1. The monoisotopic (exact) mass is 618 g/mol. The maximum Gasteiger partial charge on any atom is 0.306 e. The number of ether oxygens (including phenoxy) is 4. The molecule has 2 saturated heterocycles. The molecule has 1 N–H and O–H groups in total. The number of unbranched alkanes of at least 4 members (excludes halogenated alkanes) is 6. The van der Waals surface area contributed by atoms with Crippen molar-refractivity contribution in [3.8, 4) is 0 Å². The van der Waals surface area contributed by atoms with Gasteiger partial charge in [0.1, 0.15) is 23.9 Å². The summed E-state index contributed by atoms with van der Waals surface area (Å²) in [6.45, 7) is 12.5. The fourth-order valence-corrected chi connectivity index (χ4v) is 8.96. The zero-order valence-electron chi connectivity index (χ0n) is 27.4. The van der Waals surface area contributed by atoms with Gasteiger partial charge in [0, 0.05) is 24.7 Å². The molecule has 0 aromatic heterocycles. The Labute approximate surface area is 268 Å². The molecule has 45 heavy (non-hydrogen) atoms. The molecule has 7 heteroatoms. The Morgan fingerprint density at radius 2 is 1.78 bits per heavy atom. The second-order valence-electron chi connectivity index (χ2n) is 14.4. The van der Waals surface area contributed by atoms with Gasteiger partial charge in [-0.05, 0) is 54.9 Å². The van der Waals surface area contributed by atoms with Gasteiger partial charge in [0.2, 0.25) is 0 Å². The van der Waals surface area contributed by atoms with Gasteiger partial charge in [-0.1, -0.05) is 101 Å². The normalized spacial score (nSPS) is 37.8. The first-order chi connectivity index (χ1) is 21.5. The Bertz CT molecular complexity index is 1380. The lowest BCUT2D eigenvalue weighted by molar-refractivity contribution is -0.421. The second kappa shape index (κ2) is 12.2. The van der Waals surface area contributed by atoms with E-state index in [-0.39, 0.29) is 36.6 Å². The van der Waals surface area contributed by atoms with E-state index in [1.807, 2.05) is 43.3 Å². The molecular formula is C38H50O7. The van der Waals surface area contributed by atoms with Crippen molar-refractivity contribution in [2.75, 3.05) is 6.61 Å². The van der Waals surface area contributed by atoms with Crippen molar-refractivity contribution in [3.05, 3.63) is 71.3 Å². The van der Waals surface area contributed by atoms with Gasteiger partial charge in [-0.3, -0.25) is 9.59 Å². The number of carbonyl (C=O) groups excluding carboxylic acids is 2. The first kappa shape index (κ1) is 32.4. The van der Waals surface area contributed by atoms with Crippen LogP contribution in [0.3, 0.4) is 0 Å². The number of hydrogen-bond acceptors (Lipinski definition) is 7. The highest BCUT2D eigenvalue weighted by molar-refractivity contribution is 6.04. The van der Waals surface area contributed by atoms with Gasteiger partial charge in [0.25, 0.3) is 5.97 Å². The van der Waals surface area contributed by atoms with Gasteiger partial charge in [0.15, 0.2) is 5.78 Å². The Balaban J connectivity index is 1.31. The Morgan fingerprint density at radius 3 is 2.49 bits per heavy atom. The molecule has 5 aliphatic rings. The van der Waals surface area contributed by atoms with Crippen molar-refractivity contribution in [2.45, 2.75) is 127 Å². The molecule has 3 aliphatic carbocycles. The predicted molar refractivity (Wildman–Crippen MR) is 171 cm³/mol. The number of aliphatic hydroxyl groups is 1. The van der Waals surface area contributed by atoms with Crippen molar-refractivity contribution in [3.63, 3.8) is 0 Å². The highest BCUT2D eigenvalue weighted by atomic mass is 16.9. The first-order valence-corrected chi connectivity index (χ1v) is 17.1. The van der Waals surface area contributed by atoms with Crippen molar-refractivity contribution in [1.29, 1.82) is 0 Å². The summed E-state index contributed by atoms with van der Waals surface area (Å²) in [5, 5.41) is 12.4. The van der Waals surface area contributed by atoms with Crippen LogP contribution in [0, 0.1) is 17.8 Å². The fraction of sp³-hybridized carbons (Fsp3) is 0.632. The van der Waals surface area contributed by atoms with E-state index in [9.17, 15) is 14.7 Å². The lowest BCUT2D eigenvalue weighted by Crippen LogP contribution is -2.70. The van der Waals surface area contributed by atoms with Gasteiger partial charge in [-0.25, -0.2) is 0 Å². The van der Waals surface area contributed by atoms with Crippen LogP contribution in [-0.4, -0.2) is 52.3 Å². The van der Waals surface area contributed by atoms with Crippen molar-refractivity contribution in [1.82, 2.24) is 0 Å². The summed E-state index contributed by atoms with van der Waals surface area (Å²) in [5.74, 6) is -3.06. The zero-order valence-corrected chi connectivity index (χ0v) is 27.4. The topological polar surface area (TPSA) is 91.3 Å². The van der Waals surface area contributed by atoms with Gasteiger partial charge in [-0.15, -0.1) is 0 Å². The minimum Gasteiger partial charge on any atom is -0.461 e. The van der Waals surface area contributed by atoms with Crippen LogP contribution in [0.1, 0.15) is 97.5 Å². The Morgan fingerprint density at radius 1 is 1.07 bits per heavy atom. The SMILES string of the molecule is C=C(C)[C@@]12CC(C)C34OC(Cc5ccccc5)(OC1[C@@H]3C=C(COC(=O)CCCCCCCCC)C[C@]1(O)C(=O)C(C)=C[C@@H]41)O2. The standard InChI is InChI=1S/C38H50O7/c1-6-7-8-9-10-11-15-18-32(39)42-24-29-20-30-34-36(25(2)3)21-27(5)38(30,31-19-26(4)33(40)35(31,41)22-29)45-37(43-34,44-36)23-28-16-13-12-14-17-28/h12-14,16-17,19-20,27,30-31,34,41H,2,6-11,15,18,21-24H2,1,3-5H3/t27?,30-,31+,34?,35+,36-,37?,38?/m0/s1. The third-order valence-electron chi connectivity index (χ3n) is 11.1. The summed E-state index contributed by atoms with van der Waals surface area (Å²) in [6, 6.07) is 9.96. The average molecular weight is 619 g/mol. The number of rotatable bonds is 13. The van der Waals surface area contributed by atoms with Gasteiger partial charge in [0.05, 0.1) is 12.0 Å². The van der Waals surface area contributed by atoms with E-state index in [1.54, 1.807) is 6.92 Å². The summed E-state index contributed by atoms with van der Waals surface area (Å²) < 4.78 is 26.7.